The largest absolute Gasteiger partial charge is 0.486 e. The summed E-state index contributed by atoms with van der Waals surface area (Å²) in [6.45, 7) is 3.20. The number of ether oxygens (including phenoxy) is 4. The van der Waals surface area contributed by atoms with Crippen LogP contribution >= 0.6 is 0 Å². The van der Waals surface area contributed by atoms with Crippen molar-refractivity contribution in [2.24, 2.45) is 0 Å². The Bertz CT molecular complexity index is 791. The predicted octanol–water partition coefficient (Wildman–Crippen LogP) is 2.47. The van der Waals surface area contributed by atoms with Gasteiger partial charge in [0.2, 0.25) is 6.10 Å². The van der Waals surface area contributed by atoms with Gasteiger partial charge in [0.1, 0.15) is 19.8 Å². The third kappa shape index (κ3) is 3.20. The van der Waals surface area contributed by atoms with Gasteiger partial charge in [0.15, 0.2) is 23.0 Å². The average Bonchev–Trinajstić information content (AvgIpc) is 2.67. The Hall–Kier alpha value is -2.89. The van der Waals surface area contributed by atoms with Crippen LogP contribution in [0, 0.1) is 0 Å². The molecule has 25 heavy (non-hydrogen) atoms. The molecule has 0 aliphatic carbocycles. The molecule has 2 atom stereocenters. The summed E-state index contributed by atoms with van der Waals surface area (Å²) >= 11 is 0. The molecule has 0 aromatic heterocycles. The molecule has 2 heterocycles. The first-order chi connectivity index (χ1) is 12.2. The van der Waals surface area contributed by atoms with E-state index < -0.39 is 6.10 Å². The lowest BCUT2D eigenvalue weighted by molar-refractivity contribution is -0.131. The van der Waals surface area contributed by atoms with E-state index in [1.807, 2.05) is 43.3 Å². The first kappa shape index (κ1) is 15.6. The van der Waals surface area contributed by atoms with Crippen LogP contribution in [0.5, 0.6) is 23.0 Å². The molecule has 2 unspecified atom stereocenters. The lowest BCUT2D eigenvalue weighted by Crippen LogP contribution is -2.44. The minimum absolute atomic E-state index is 0.191. The third-order valence-electron chi connectivity index (χ3n) is 4.23. The van der Waals surface area contributed by atoms with Gasteiger partial charge in [-0.05, 0) is 36.8 Å². The zero-order valence-corrected chi connectivity index (χ0v) is 13.9. The molecule has 130 valence electrons. The topological polar surface area (TPSA) is 66.0 Å². The lowest BCUT2D eigenvalue weighted by Gasteiger charge is -2.27. The molecule has 0 fully saturated rings. The number of hydrogen-bond acceptors (Lipinski definition) is 5. The van der Waals surface area contributed by atoms with Crippen molar-refractivity contribution in [1.82, 2.24) is 5.32 Å². The third-order valence-corrected chi connectivity index (χ3v) is 4.23. The molecule has 0 bridgehead atoms. The number of fused-ring (bicyclic) bond motifs is 2. The van der Waals surface area contributed by atoms with Crippen molar-refractivity contribution >= 4 is 5.91 Å². The Balaban J connectivity index is 1.42. The molecule has 1 amide bonds. The molecule has 0 saturated carbocycles. The van der Waals surface area contributed by atoms with Gasteiger partial charge in [-0.25, -0.2) is 0 Å². The summed E-state index contributed by atoms with van der Waals surface area (Å²) in [4.78, 5) is 12.5. The van der Waals surface area contributed by atoms with Gasteiger partial charge in [0.25, 0.3) is 5.91 Å². The van der Waals surface area contributed by atoms with E-state index >= 15 is 0 Å². The van der Waals surface area contributed by atoms with Crippen molar-refractivity contribution in [3.05, 3.63) is 48.0 Å². The van der Waals surface area contributed by atoms with Crippen LogP contribution in [0.3, 0.4) is 0 Å². The van der Waals surface area contributed by atoms with Crippen molar-refractivity contribution < 1.29 is 23.7 Å². The monoisotopic (exact) mass is 341 g/mol. The van der Waals surface area contributed by atoms with Gasteiger partial charge in [0.05, 0.1) is 6.04 Å². The number of nitrogens with one attached hydrogen (secondary N) is 1. The summed E-state index contributed by atoms with van der Waals surface area (Å²) in [7, 11) is 0. The van der Waals surface area contributed by atoms with Crippen LogP contribution < -0.4 is 24.3 Å². The van der Waals surface area contributed by atoms with E-state index in [-0.39, 0.29) is 18.6 Å². The Morgan fingerprint density at radius 3 is 2.56 bits per heavy atom. The number of para-hydroxylation sites is 2. The summed E-state index contributed by atoms with van der Waals surface area (Å²) in [5, 5.41) is 2.96. The van der Waals surface area contributed by atoms with Crippen molar-refractivity contribution in [3.8, 4) is 23.0 Å². The second-order valence-electron chi connectivity index (χ2n) is 6.00. The summed E-state index contributed by atoms with van der Waals surface area (Å²) in [5.74, 6) is 2.47. The second kappa shape index (κ2) is 6.55. The van der Waals surface area contributed by atoms with Gasteiger partial charge in [-0.2, -0.15) is 0 Å². The fourth-order valence-electron chi connectivity index (χ4n) is 2.87. The van der Waals surface area contributed by atoms with Crippen LogP contribution in [0.2, 0.25) is 0 Å². The minimum Gasteiger partial charge on any atom is -0.486 e. The smallest absolute Gasteiger partial charge is 0.265 e. The quantitative estimate of drug-likeness (QED) is 0.929. The molecule has 2 aliphatic heterocycles. The number of benzene rings is 2. The molecule has 0 radical (unpaired) electrons. The zero-order chi connectivity index (χ0) is 17.2. The fraction of sp³-hybridized carbons (Fsp3) is 0.316. The van der Waals surface area contributed by atoms with Crippen molar-refractivity contribution in [3.63, 3.8) is 0 Å². The SMILES string of the molecule is CC(NC(=O)C1COc2ccccc2O1)c1ccc2c(c1)OCCO2. The molecule has 6 nitrogen and oxygen atoms in total. The van der Waals surface area contributed by atoms with Gasteiger partial charge in [-0.15, -0.1) is 0 Å². The number of amides is 1. The van der Waals surface area contributed by atoms with E-state index in [4.69, 9.17) is 18.9 Å². The van der Waals surface area contributed by atoms with Crippen molar-refractivity contribution in [2.75, 3.05) is 19.8 Å². The molecule has 2 aromatic rings. The van der Waals surface area contributed by atoms with E-state index in [1.54, 1.807) is 6.07 Å². The van der Waals surface area contributed by atoms with Crippen LogP contribution in [0.15, 0.2) is 42.5 Å². The molecule has 4 rings (SSSR count). The molecule has 6 heteroatoms. The standard InChI is InChI=1S/C19H19NO5/c1-12(13-6-7-15-17(10-13)23-9-8-22-15)20-19(21)18-11-24-14-4-2-3-5-16(14)25-18/h2-7,10,12,18H,8-9,11H2,1H3,(H,20,21). The zero-order valence-electron chi connectivity index (χ0n) is 13.9. The number of rotatable bonds is 3. The molecule has 2 aliphatic rings. The minimum atomic E-state index is -0.672. The first-order valence-corrected chi connectivity index (χ1v) is 8.29. The lowest BCUT2D eigenvalue weighted by atomic mass is 10.1. The van der Waals surface area contributed by atoms with Gasteiger partial charge in [0, 0.05) is 0 Å². The molecule has 2 aromatic carbocycles. The highest BCUT2D eigenvalue weighted by molar-refractivity contribution is 5.82. The Morgan fingerprint density at radius 2 is 1.72 bits per heavy atom. The van der Waals surface area contributed by atoms with Crippen LogP contribution in [0.1, 0.15) is 18.5 Å². The van der Waals surface area contributed by atoms with Crippen LogP contribution in [0.4, 0.5) is 0 Å². The molecular formula is C19H19NO5. The molecule has 1 N–H and O–H groups in total. The number of carbonyl (C=O) groups excluding carboxylic acids is 1. The maximum Gasteiger partial charge on any atom is 0.265 e. The Labute approximate surface area is 145 Å². The maximum absolute atomic E-state index is 12.5. The summed E-state index contributed by atoms with van der Waals surface area (Å²) in [6.07, 6.45) is -0.672. The molecular weight excluding hydrogens is 322 g/mol. The van der Waals surface area contributed by atoms with Gasteiger partial charge in [-0.3, -0.25) is 4.79 Å². The van der Waals surface area contributed by atoms with E-state index in [0.717, 1.165) is 11.3 Å². The van der Waals surface area contributed by atoms with Crippen LogP contribution in [-0.4, -0.2) is 31.8 Å². The van der Waals surface area contributed by atoms with Crippen LogP contribution in [0.25, 0.3) is 0 Å². The maximum atomic E-state index is 12.5. The van der Waals surface area contributed by atoms with E-state index in [9.17, 15) is 4.79 Å². The predicted molar refractivity (Wildman–Crippen MR) is 90.3 cm³/mol. The normalized spacial score (nSPS) is 19.0. The van der Waals surface area contributed by atoms with E-state index in [0.29, 0.717) is 30.5 Å². The van der Waals surface area contributed by atoms with Gasteiger partial charge >= 0.3 is 0 Å². The Morgan fingerprint density at radius 1 is 1.00 bits per heavy atom. The molecule has 0 saturated heterocycles. The summed E-state index contributed by atoms with van der Waals surface area (Å²) in [6, 6.07) is 12.8. The average molecular weight is 341 g/mol. The highest BCUT2D eigenvalue weighted by atomic mass is 16.6. The first-order valence-electron chi connectivity index (χ1n) is 8.29. The van der Waals surface area contributed by atoms with Gasteiger partial charge in [-0.1, -0.05) is 18.2 Å². The second-order valence-corrected chi connectivity index (χ2v) is 6.00. The highest BCUT2D eigenvalue weighted by Gasteiger charge is 2.28. The number of carbonyl (C=O) groups is 1. The van der Waals surface area contributed by atoms with Gasteiger partial charge < -0.3 is 24.3 Å². The van der Waals surface area contributed by atoms with Crippen LogP contribution in [-0.2, 0) is 4.79 Å². The van der Waals surface area contributed by atoms with E-state index in [1.165, 1.54) is 0 Å². The Kier molecular flexibility index (Phi) is 4.09. The van der Waals surface area contributed by atoms with E-state index in [2.05, 4.69) is 5.32 Å². The summed E-state index contributed by atoms with van der Waals surface area (Å²) in [5.41, 5.74) is 0.940. The highest BCUT2D eigenvalue weighted by Crippen LogP contribution is 2.33. The van der Waals surface area contributed by atoms with Crippen molar-refractivity contribution in [2.45, 2.75) is 19.1 Å². The van der Waals surface area contributed by atoms with Crippen molar-refractivity contribution in [1.29, 1.82) is 0 Å². The molecule has 0 spiro atoms. The number of hydrogen-bond donors (Lipinski definition) is 1. The fourth-order valence-corrected chi connectivity index (χ4v) is 2.87. The summed E-state index contributed by atoms with van der Waals surface area (Å²) < 4.78 is 22.4.